The van der Waals surface area contributed by atoms with E-state index in [1.54, 1.807) is 11.3 Å². The third kappa shape index (κ3) is 4.05. The molecule has 4 nitrogen and oxygen atoms in total. The molecule has 0 spiro atoms. The minimum Gasteiger partial charge on any atom is -0.293 e. The van der Waals surface area contributed by atoms with Crippen molar-refractivity contribution in [2.75, 3.05) is 5.75 Å². The first kappa shape index (κ1) is 18.2. The van der Waals surface area contributed by atoms with Gasteiger partial charge < -0.3 is 0 Å². The van der Waals surface area contributed by atoms with Gasteiger partial charge in [0.15, 0.2) is 16.8 Å². The zero-order valence-electron chi connectivity index (χ0n) is 14.1. The molecule has 0 fully saturated rings. The van der Waals surface area contributed by atoms with Gasteiger partial charge in [-0.05, 0) is 35.7 Å². The van der Waals surface area contributed by atoms with Crippen molar-refractivity contribution in [3.63, 3.8) is 0 Å². The van der Waals surface area contributed by atoms with E-state index in [1.165, 1.54) is 11.8 Å². The fourth-order valence-corrected chi connectivity index (χ4v) is 4.40. The van der Waals surface area contributed by atoms with Crippen LogP contribution in [0, 0.1) is 0 Å². The molecule has 2 heterocycles. The number of thiophene rings is 1. The number of aromatic nitrogens is 3. The lowest BCUT2D eigenvalue weighted by Gasteiger charge is -2.09. The van der Waals surface area contributed by atoms with Crippen LogP contribution >= 0.6 is 39.0 Å². The molecule has 0 aliphatic rings. The summed E-state index contributed by atoms with van der Waals surface area (Å²) in [6, 6.07) is 21.4. The molecule has 0 amide bonds. The molecule has 0 saturated heterocycles. The van der Waals surface area contributed by atoms with Crippen LogP contribution in [0.5, 0.6) is 0 Å². The van der Waals surface area contributed by atoms with Crippen LogP contribution in [-0.4, -0.2) is 26.3 Å². The molecule has 27 heavy (non-hydrogen) atoms. The number of carbonyl (C=O) groups excluding carboxylic acids is 1. The van der Waals surface area contributed by atoms with Crippen molar-refractivity contribution in [2.45, 2.75) is 5.16 Å². The SMILES string of the molecule is O=C(CSc1nnc(-c2cccs2)n1-c1ccccc1)c1ccc(Br)cc1. The topological polar surface area (TPSA) is 47.8 Å². The lowest BCUT2D eigenvalue weighted by atomic mass is 10.2. The van der Waals surface area contributed by atoms with E-state index in [4.69, 9.17) is 0 Å². The molecule has 4 aromatic rings. The van der Waals surface area contributed by atoms with E-state index in [-0.39, 0.29) is 5.78 Å². The van der Waals surface area contributed by atoms with Gasteiger partial charge in [0, 0.05) is 15.7 Å². The van der Waals surface area contributed by atoms with Gasteiger partial charge in [-0.15, -0.1) is 21.5 Å². The lowest BCUT2D eigenvalue weighted by Crippen LogP contribution is -2.04. The largest absolute Gasteiger partial charge is 0.293 e. The number of halogens is 1. The molecule has 0 aliphatic heterocycles. The predicted octanol–water partition coefficient (Wildman–Crippen LogP) is 5.73. The zero-order valence-corrected chi connectivity index (χ0v) is 17.3. The van der Waals surface area contributed by atoms with Crippen LogP contribution < -0.4 is 0 Å². The maximum absolute atomic E-state index is 12.5. The fourth-order valence-electron chi connectivity index (χ4n) is 2.59. The van der Waals surface area contributed by atoms with Crippen molar-refractivity contribution in [1.82, 2.24) is 14.8 Å². The molecular formula is C20H14BrN3OS2. The summed E-state index contributed by atoms with van der Waals surface area (Å²) < 4.78 is 2.96. The highest BCUT2D eigenvalue weighted by Crippen LogP contribution is 2.30. The summed E-state index contributed by atoms with van der Waals surface area (Å²) in [4.78, 5) is 13.6. The summed E-state index contributed by atoms with van der Waals surface area (Å²) in [5, 5.41) is 11.5. The number of hydrogen-bond acceptors (Lipinski definition) is 5. The highest BCUT2D eigenvalue weighted by atomic mass is 79.9. The van der Waals surface area contributed by atoms with E-state index in [0.717, 1.165) is 20.9 Å². The average molecular weight is 456 g/mol. The van der Waals surface area contributed by atoms with Crippen LogP contribution in [0.25, 0.3) is 16.4 Å². The van der Waals surface area contributed by atoms with Crippen LogP contribution in [0.1, 0.15) is 10.4 Å². The highest BCUT2D eigenvalue weighted by Gasteiger charge is 2.18. The first-order valence-corrected chi connectivity index (χ1v) is 10.8. The molecule has 0 atom stereocenters. The number of thioether (sulfide) groups is 1. The highest BCUT2D eigenvalue weighted by molar-refractivity contribution is 9.10. The normalized spacial score (nSPS) is 10.9. The number of benzene rings is 2. The van der Waals surface area contributed by atoms with Crippen LogP contribution in [0.3, 0.4) is 0 Å². The second-order valence-electron chi connectivity index (χ2n) is 5.67. The summed E-state index contributed by atoms with van der Waals surface area (Å²) in [6.07, 6.45) is 0. The maximum atomic E-state index is 12.5. The third-order valence-corrected chi connectivity index (χ3v) is 6.21. The van der Waals surface area contributed by atoms with Crippen LogP contribution in [0.4, 0.5) is 0 Å². The van der Waals surface area contributed by atoms with E-state index >= 15 is 0 Å². The van der Waals surface area contributed by atoms with Crippen molar-refractivity contribution >= 4 is 44.8 Å². The van der Waals surface area contributed by atoms with Gasteiger partial charge >= 0.3 is 0 Å². The second kappa shape index (κ2) is 8.21. The predicted molar refractivity (Wildman–Crippen MR) is 114 cm³/mol. The summed E-state index contributed by atoms with van der Waals surface area (Å²) in [5.41, 5.74) is 1.67. The number of ketones is 1. The van der Waals surface area contributed by atoms with Crippen molar-refractivity contribution in [1.29, 1.82) is 0 Å². The van der Waals surface area contributed by atoms with Crippen molar-refractivity contribution in [3.8, 4) is 16.4 Å². The molecule has 0 radical (unpaired) electrons. The van der Waals surface area contributed by atoms with Crippen LogP contribution in [0.15, 0.2) is 81.7 Å². The minimum absolute atomic E-state index is 0.0628. The van der Waals surface area contributed by atoms with Gasteiger partial charge in [-0.25, -0.2) is 0 Å². The first-order chi connectivity index (χ1) is 13.2. The summed E-state index contributed by atoms with van der Waals surface area (Å²) in [5.74, 6) is 1.15. The Morgan fingerprint density at radius 2 is 1.78 bits per heavy atom. The Bertz CT molecular complexity index is 1040. The zero-order chi connectivity index (χ0) is 18.6. The number of para-hydroxylation sites is 1. The number of Topliss-reactive ketones (excluding diaryl/α,β-unsaturated/α-hetero) is 1. The van der Waals surface area contributed by atoms with Crippen molar-refractivity contribution in [3.05, 3.63) is 82.1 Å². The standard InChI is InChI=1S/C20H14BrN3OS2/c21-15-10-8-14(9-11-15)17(25)13-27-20-23-22-19(18-7-4-12-26-18)24(20)16-5-2-1-3-6-16/h1-12H,13H2. The Balaban J connectivity index is 1.63. The Morgan fingerprint density at radius 1 is 1.00 bits per heavy atom. The smallest absolute Gasteiger partial charge is 0.196 e. The second-order valence-corrected chi connectivity index (χ2v) is 8.48. The van der Waals surface area contributed by atoms with Gasteiger partial charge in [0.25, 0.3) is 0 Å². The minimum atomic E-state index is 0.0628. The Hall–Kier alpha value is -2.22. The van der Waals surface area contributed by atoms with E-state index in [9.17, 15) is 4.79 Å². The van der Waals surface area contributed by atoms with E-state index in [2.05, 4.69) is 26.1 Å². The summed E-state index contributed by atoms with van der Waals surface area (Å²) >= 11 is 6.41. The van der Waals surface area contributed by atoms with E-state index < -0.39 is 0 Å². The summed E-state index contributed by atoms with van der Waals surface area (Å²) in [7, 11) is 0. The molecule has 4 rings (SSSR count). The average Bonchev–Trinajstić information content (AvgIpc) is 3.37. The van der Waals surface area contributed by atoms with Gasteiger partial charge in [0.1, 0.15) is 0 Å². The first-order valence-electron chi connectivity index (χ1n) is 8.18. The molecule has 0 saturated carbocycles. The fraction of sp³-hybridized carbons (Fsp3) is 0.0500. The molecule has 2 aromatic heterocycles. The van der Waals surface area contributed by atoms with Gasteiger partial charge in [-0.3, -0.25) is 9.36 Å². The Morgan fingerprint density at radius 3 is 2.48 bits per heavy atom. The number of carbonyl (C=O) groups is 1. The van der Waals surface area contributed by atoms with Crippen LogP contribution in [-0.2, 0) is 0 Å². The number of hydrogen-bond donors (Lipinski definition) is 0. The monoisotopic (exact) mass is 455 g/mol. The Kier molecular flexibility index (Phi) is 5.52. The molecule has 0 unspecified atom stereocenters. The quantitative estimate of drug-likeness (QED) is 0.275. The molecule has 7 heteroatoms. The van der Waals surface area contributed by atoms with Gasteiger partial charge in [-0.2, -0.15) is 0 Å². The number of rotatable bonds is 6. The number of nitrogens with zero attached hydrogens (tertiary/aromatic N) is 3. The van der Waals surface area contributed by atoms with E-state index in [1.807, 2.05) is 76.7 Å². The molecule has 0 aliphatic carbocycles. The third-order valence-electron chi connectivity index (χ3n) is 3.89. The van der Waals surface area contributed by atoms with Gasteiger partial charge in [-0.1, -0.05) is 64.1 Å². The van der Waals surface area contributed by atoms with Gasteiger partial charge in [0.05, 0.1) is 10.6 Å². The Labute approximate surface area is 173 Å². The molecule has 0 N–H and O–H groups in total. The summed E-state index contributed by atoms with van der Waals surface area (Å²) in [6.45, 7) is 0. The molecule has 2 aromatic carbocycles. The molecular weight excluding hydrogens is 442 g/mol. The molecule has 134 valence electrons. The maximum Gasteiger partial charge on any atom is 0.196 e. The van der Waals surface area contributed by atoms with E-state index in [0.29, 0.717) is 16.5 Å². The van der Waals surface area contributed by atoms with Crippen molar-refractivity contribution in [2.24, 2.45) is 0 Å². The van der Waals surface area contributed by atoms with Crippen LogP contribution in [0.2, 0.25) is 0 Å². The van der Waals surface area contributed by atoms with Gasteiger partial charge in [0.2, 0.25) is 0 Å². The van der Waals surface area contributed by atoms with Crippen molar-refractivity contribution < 1.29 is 4.79 Å². The lowest BCUT2D eigenvalue weighted by molar-refractivity contribution is 0.102. The molecule has 0 bridgehead atoms.